The van der Waals surface area contributed by atoms with Crippen LogP contribution in [0.5, 0.6) is 11.5 Å². The number of carboxylic acid groups (broad SMARTS) is 2. The molecule has 3 heterocycles. The predicted molar refractivity (Wildman–Crippen MR) is 370 cm³/mol. The number of aliphatic carboxylic acids is 2. The number of aliphatic hydroxyl groups is 1. The van der Waals surface area contributed by atoms with Gasteiger partial charge in [-0.25, -0.2) is 4.98 Å². The fourth-order valence-electron chi connectivity index (χ4n) is 11.4. The van der Waals surface area contributed by atoms with Gasteiger partial charge in [0, 0.05) is 57.8 Å². The number of hydrogen-bond acceptors (Lipinski definition) is 23. The van der Waals surface area contributed by atoms with Crippen LogP contribution in [0.25, 0.3) is 0 Å². The number of likely N-dealkylation sites (tertiary alicyclic amines) is 2. The van der Waals surface area contributed by atoms with Crippen molar-refractivity contribution in [2.45, 2.75) is 176 Å². The number of imidazole rings is 1. The van der Waals surface area contributed by atoms with Gasteiger partial charge in [0.2, 0.25) is 94.5 Å². The molecule has 5 rings (SSSR count). The molecule has 2 aliphatic heterocycles. The van der Waals surface area contributed by atoms with Gasteiger partial charge in [-0.3, -0.25) is 86.3 Å². The second kappa shape index (κ2) is 41.9. The van der Waals surface area contributed by atoms with Crippen LogP contribution in [0.15, 0.2) is 61.1 Å². The van der Waals surface area contributed by atoms with E-state index in [0.717, 1.165) is 11.8 Å². The van der Waals surface area contributed by atoms with Gasteiger partial charge in [0.05, 0.1) is 37.6 Å². The zero-order valence-corrected chi connectivity index (χ0v) is 58.9. The highest BCUT2D eigenvalue weighted by Crippen LogP contribution is 2.24. The van der Waals surface area contributed by atoms with E-state index in [1.807, 2.05) is 0 Å². The van der Waals surface area contributed by atoms with Gasteiger partial charge in [-0.2, -0.15) is 0 Å². The number of aromatic amines is 1. The maximum Gasteiger partial charge on any atom is 0.322 e. The monoisotopic (exact) mass is 1520 g/mol. The van der Waals surface area contributed by atoms with Gasteiger partial charge < -0.3 is 122 Å². The third kappa shape index (κ3) is 27.9. The Bertz CT molecular complexity index is 3770. The van der Waals surface area contributed by atoms with Crippen LogP contribution in [-0.4, -0.2) is 257 Å². The minimum Gasteiger partial charge on any atom is -0.508 e. The number of carbonyl (C=O) groups excluding carboxylic acids is 16. The van der Waals surface area contributed by atoms with Crippen molar-refractivity contribution in [2.24, 2.45) is 22.9 Å². The lowest BCUT2D eigenvalue weighted by Gasteiger charge is -2.32. The van der Waals surface area contributed by atoms with E-state index in [1.54, 1.807) is 0 Å². The average molecular weight is 1520 g/mol. The molecule has 42 nitrogen and oxygen atoms in total. The van der Waals surface area contributed by atoms with Crippen molar-refractivity contribution in [1.29, 1.82) is 0 Å². The Hall–Kier alpha value is -12.4. The lowest BCUT2D eigenvalue weighted by Crippen LogP contribution is -2.60. The number of primary amides is 3. The maximum absolute atomic E-state index is 14.8. The highest BCUT2D eigenvalue weighted by molar-refractivity contribution is 6.01. The van der Waals surface area contributed by atoms with Gasteiger partial charge in [-0.15, -0.1) is 0 Å². The van der Waals surface area contributed by atoms with Crippen molar-refractivity contribution < 1.29 is 112 Å². The second-order valence-electron chi connectivity index (χ2n) is 25.6. The number of nitrogens with one attached hydrogen (secondary N) is 12. The maximum atomic E-state index is 14.8. The summed E-state index contributed by atoms with van der Waals surface area (Å²) in [6.07, 6.45) is -1.84. The van der Waals surface area contributed by atoms with Crippen molar-refractivity contribution >= 4 is 106 Å². The summed E-state index contributed by atoms with van der Waals surface area (Å²) in [6, 6.07) is -7.58. The summed E-state index contributed by atoms with van der Waals surface area (Å²) in [4.78, 5) is 248. The number of aliphatic hydroxyl groups excluding tert-OH is 1. The lowest BCUT2D eigenvalue weighted by atomic mass is 10.0. The zero-order chi connectivity index (χ0) is 80.1. The molecule has 42 heteroatoms. The van der Waals surface area contributed by atoms with Gasteiger partial charge in [0.15, 0.2) is 0 Å². The topological polar surface area (TPSA) is 680 Å². The molecule has 25 N–H and O–H groups in total. The molecule has 2 aromatic carbocycles. The molecule has 0 saturated carbocycles. The van der Waals surface area contributed by atoms with Gasteiger partial charge >= 0.3 is 11.9 Å². The molecule has 2 fully saturated rings. The van der Waals surface area contributed by atoms with E-state index in [2.05, 4.69) is 68.5 Å². The van der Waals surface area contributed by atoms with E-state index in [-0.39, 0.29) is 75.2 Å². The summed E-state index contributed by atoms with van der Waals surface area (Å²) in [7, 11) is 0. The van der Waals surface area contributed by atoms with Crippen molar-refractivity contribution in [2.75, 3.05) is 32.8 Å². The molecule has 0 spiro atoms. The molecule has 2 aliphatic rings. The Kier molecular flexibility index (Phi) is 33.5. The Balaban J connectivity index is 1.27. The fraction of sp³-hybridized carbons (Fsp3) is 0.500. The summed E-state index contributed by atoms with van der Waals surface area (Å²) >= 11 is 0. The number of aromatic hydroxyl groups is 2. The number of H-pyrrole nitrogens is 1. The third-order valence-corrected chi connectivity index (χ3v) is 17.0. The standard InChI is InChI=1S/C66H91N19O23/c1-32(67)55(97)79-41(16-19-50(69)90)65(107)84-21-3-6-48(84)64(106)82-45(24-35-9-13-38(88)14-10-35)66(108)85-22-4-5-47(85)63(105)78-39(15-18-49(68)89)57(99)72-28-52(92)76-44(26-51(70)91)61(103)81-43(25-36-27-71-31-74-36)60(102)77-40(17-20-53(93)94)59(101)75-33(2)56(98)83-46(30-86)62(104)80-42(58(100)73-29-54(95)96)23-34-7-11-37(87)12-8-34/h7-14,27,31-33,39-48,86-88H,3-6,15-26,28-30,67H2,1-2H3,(H2,68,89)(H2,69,90)(H2,70,91)(H,71,74)(H,72,99)(H,73,100)(H,75,101)(H,76,92)(H,77,102)(H,78,105)(H,79,97)(H,80,104)(H,81,103)(H,82,106)(H,83,98)(H,93,94)(H,95,96). The number of aromatic nitrogens is 2. The van der Waals surface area contributed by atoms with E-state index < -0.39 is 237 Å². The van der Waals surface area contributed by atoms with Crippen molar-refractivity contribution in [3.63, 3.8) is 0 Å². The molecule has 588 valence electrons. The van der Waals surface area contributed by atoms with Crippen LogP contribution in [0.4, 0.5) is 0 Å². The van der Waals surface area contributed by atoms with E-state index >= 15 is 0 Å². The number of carbonyl (C=O) groups is 18. The van der Waals surface area contributed by atoms with Crippen molar-refractivity contribution in [1.82, 2.24) is 78.3 Å². The zero-order valence-electron chi connectivity index (χ0n) is 58.9. The molecule has 0 bridgehead atoms. The third-order valence-electron chi connectivity index (χ3n) is 17.0. The van der Waals surface area contributed by atoms with Crippen molar-refractivity contribution in [3.05, 3.63) is 77.9 Å². The molecular weight excluding hydrogens is 1430 g/mol. The number of nitrogens with zero attached hydrogens (tertiary/aromatic N) is 3. The average Bonchev–Trinajstić information content (AvgIpc) is 1.61. The van der Waals surface area contributed by atoms with Crippen molar-refractivity contribution in [3.8, 4) is 11.5 Å². The van der Waals surface area contributed by atoms with E-state index in [9.17, 15) is 107 Å². The molecule has 0 aliphatic carbocycles. The van der Waals surface area contributed by atoms with Gasteiger partial charge in [-0.1, -0.05) is 24.3 Å². The summed E-state index contributed by atoms with van der Waals surface area (Å²) in [5, 5.41) is 74.2. The fourth-order valence-corrected chi connectivity index (χ4v) is 11.4. The first-order valence-corrected chi connectivity index (χ1v) is 34.1. The smallest absolute Gasteiger partial charge is 0.322 e. The van der Waals surface area contributed by atoms with Crippen LogP contribution in [0.1, 0.15) is 101 Å². The number of phenolic OH excluding ortho intramolecular Hbond substituents is 2. The van der Waals surface area contributed by atoms with Crippen LogP contribution < -0.4 is 81.4 Å². The lowest BCUT2D eigenvalue weighted by molar-refractivity contribution is -0.144. The predicted octanol–water partition coefficient (Wildman–Crippen LogP) is -8.86. The van der Waals surface area contributed by atoms with Gasteiger partial charge in [0.1, 0.15) is 84.5 Å². The summed E-state index contributed by atoms with van der Waals surface area (Å²) in [5.41, 5.74) is 22.9. The molecule has 1 aromatic heterocycles. The molecule has 2 saturated heterocycles. The van der Waals surface area contributed by atoms with Crippen LogP contribution in [0, 0.1) is 0 Å². The first-order chi connectivity index (χ1) is 51.0. The number of nitrogens with two attached hydrogens (primary N) is 4. The second-order valence-corrected chi connectivity index (χ2v) is 25.6. The van der Waals surface area contributed by atoms with E-state index in [4.69, 9.17) is 28.0 Å². The molecule has 108 heavy (non-hydrogen) atoms. The molecule has 12 unspecified atom stereocenters. The Morgan fingerprint density at radius 3 is 1.42 bits per heavy atom. The minimum absolute atomic E-state index is 0.000405. The number of amides is 16. The number of benzene rings is 2. The Labute approximate surface area is 615 Å². The van der Waals surface area contributed by atoms with Gasteiger partial charge in [-0.05, 0) is 94.2 Å². The van der Waals surface area contributed by atoms with E-state index in [1.165, 1.54) is 72.9 Å². The Morgan fingerprint density at radius 2 is 0.917 bits per heavy atom. The molecular formula is C66H91N19O23. The molecule has 0 radical (unpaired) electrons. The molecule has 16 amide bonds. The summed E-state index contributed by atoms with van der Waals surface area (Å²) in [5.74, 6) is -19.4. The normalized spacial score (nSPS) is 16.6. The quantitative estimate of drug-likeness (QED) is 0.0250. The largest absolute Gasteiger partial charge is 0.508 e. The van der Waals surface area contributed by atoms with Crippen LogP contribution in [0.2, 0.25) is 0 Å². The number of carboxylic acids is 2. The van der Waals surface area contributed by atoms with E-state index in [0.29, 0.717) is 17.5 Å². The number of hydrogen-bond donors (Lipinski definition) is 21. The van der Waals surface area contributed by atoms with Crippen LogP contribution >= 0.6 is 0 Å². The van der Waals surface area contributed by atoms with Gasteiger partial charge in [0.25, 0.3) is 0 Å². The van der Waals surface area contributed by atoms with Crippen LogP contribution in [-0.2, 0) is 106 Å². The molecule has 12 atom stereocenters. The first kappa shape index (κ1) is 86.3. The highest BCUT2D eigenvalue weighted by atomic mass is 16.4. The summed E-state index contributed by atoms with van der Waals surface area (Å²) in [6.45, 7) is -0.526. The highest BCUT2D eigenvalue weighted by Gasteiger charge is 2.43. The first-order valence-electron chi connectivity index (χ1n) is 34.1. The Morgan fingerprint density at radius 1 is 0.481 bits per heavy atom. The minimum atomic E-state index is -1.94. The number of phenols is 2. The van der Waals surface area contributed by atoms with Crippen LogP contribution in [0.3, 0.4) is 0 Å². The molecule has 3 aromatic rings. The number of rotatable bonds is 43. The summed E-state index contributed by atoms with van der Waals surface area (Å²) < 4.78 is 0. The SMILES string of the molecule is CC(N)C(=O)NC(CCC(N)=O)C(=O)N1CCCC1C(=O)NC(Cc1ccc(O)cc1)C(=O)N1CCCC1C(=O)NC(CCC(N)=O)C(=O)NCC(=O)NC(CC(N)=O)C(=O)NC(Cc1c[nH]cn1)C(=O)NC(CCC(=O)O)C(=O)NC(C)C(=O)NC(CO)C(=O)NC(Cc1ccc(O)cc1)C(=O)NCC(=O)O.